The third kappa shape index (κ3) is 3.54. The molecule has 0 saturated carbocycles. The molecule has 0 aliphatic heterocycles. The first-order valence-corrected chi connectivity index (χ1v) is 8.74. The number of methoxy groups -OCH3 is 1. The van der Waals surface area contributed by atoms with Crippen molar-refractivity contribution in [1.29, 1.82) is 0 Å². The van der Waals surface area contributed by atoms with Gasteiger partial charge in [-0.05, 0) is 37.0 Å². The van der Waals surface area contributed by atoms with Crippen LogP contribution in [-0.4, -0.2) is 25.0 Å². The molecule has 3 rings (SSSR count). The third-order valence-electron chi connectivity index (χ3n) is 5.05. The van der Waals surface area contributed by atoms with E-state index in [1.54, 1.807) is 12.0 Å². The van der Waals surface area contributed by atoms with Gasteiger partial charge in [-0.3, -0.25) is 4.79 Å². The SMILES string of the molecule is COc1ccc(C)cc1CN(C)C(=O)C1CCC(N)c2ccccc21. The number of benzene rings is 2. The summed E-state index contributed by atoms with van der Waals surface area (Å²) in [6, 6.07) is 14.1. The average molecular weight is 338 g/mol. The Kier molecular flexibility index (Phi) is 5.09. The van der Waals surface area contributed by atoms with E-state index >= 15 is 0 Å². The molecule has 1 aliphatic carbocycles. The summed E-state index contributed by atoms with van der Waals surface area (Å²) in [6.45, 7) is 2.58. The molecule has 2 aromatic carbocycles. The van der Waals surface area contributed by atoms with Gasteiger partial charge >= 0.3 is 0 Å². The molecular weight excluding hydrogens is 312 g/mol. The summed E-state index contributed by atoms with van der Waals surface area (Å²) in [5.41, 5.74) is 10.6. The molecule has 0 spiro atoms. The van der Waals surface area contributed by atoms with Crippen LogP contribution in [0.5, 0.6) is 5.75 Å². The number of nitrogens with zero attached hydrogens (tertiary/aromatic N) is 1. The Balaban J connectivity index is 1.82. The third-order valence-corrected chi connectivity index (χ3v) is 5.05. The van der Waals surface area contributed by atoms with Crippen molar-refractivity contribution in [2.24, 2.45) is 5.73 Å². The molecule has 0 saturated heterocycles. The van der Waals surface area contributed by atoms with Crippen LogP contribution in [0.4, 0.5) is 0 Å². The summed E-state index contributed by atoms with van der Waals surface area (Å²) < 4.78 is 5.44. The minimum Gasteiger partial charge on any atom is -0.496 e. The second kappa shape index (κ2) is 7.28. The normalized spacial score (nSPS) is 19.2. The van der Waals surface area contributed by atoms with E-state index in [4.69, 9.17) is 10.5 Å². The summed E-state index contributed by atoms with van der Waals surface area (Å²) in [5.74, 6) is 0.844. The van der Waals surface area contributed by atoms with Crippen LogP contribution in [0.1, 0.15) is 47.1 Å². The number of ether oxygens (including phenoxy) is 1. The van der Waals surface area contributed by atoms with E-state index in [-0.39, 0.29) is 17.9 Å². The monoisotopic (exact) mass is 338 g/mol. The van der Waals surface area contributed by atoms with Gasteiger partial charge in [0.25, 0.3) is 0 Å². The molecule has 0 radical (unpaired) electrons. The minimum absolute atomic E-state index is 0.0300. The fourth-order valence-electron chi connectivity index (χ4n) is 3.71. The Morgan fingerprint density at radius 2 is 1.92 bits per heavy atom. The number of carbonyl (C=O) groups is 1. The van der Waals surface area contributed by atoms with Crippen LogP contribution in [0.15, 0.2) is 42.5 Å². The highest BCUT2D eigenvalue weighted by molar-refractivity contribution is 5.84. The van der Waals surface area contributed by atoms with Crippen molar-refractivity contribution in [2.75, 3.05) is 14.2 Å². The Morgan fingerprint density at radius 3 is 2.64 bits per heavy atom. The molecule has 2 atom stereocenters. The molecule has 2 aromatic rings. The molecule has 1 amide bonds. The van der Waals surface area contributed by atoms with Crippen LogP contribution in [0.3, 0.4) is 0 Å². The van der Waals surface area contributed by atoms with Crippen LogP contribution in [0.25, 0.3) is 0 Å². The summed E-state index contributed by atoms with van der Waals surface area (Å²) in [6.07, 6.45) is 1.64. The van der Waals surface area contributed by atoms with Crippen molar-refractivity contribution < 1.29 is 9.53 Å². The lowest BCUT2D eigenvalue weighted by molar-refractivity contribution is -0.132. The molecule has 0 bridgehead atoms. The molecule has 2 unspecified atom stereocenters. The zero-order chi connectivity index (χ0) is 18.0. The van der Waals surface area contributed by atoms with E-state index < -0.39 is 0 Å². The summed E-state index contributed by atoms with van der Waals surface area (Å²) in [7, 11) is 3.52. The van der Waals surface area contributed by atoms with Crippen molar-refractivity contribution in [3.8, 4) is 5.75 Å². The number of hydrogen-bond acceptors (Lipinski definition) is 3. The predicted octanol–water partition coefficient (Wildman–Crippen LogP) is 3.54. The van der Waals surface area contributed by atoms with E-state index in [2.05, 4.69) is 6.07 Å². The lowest BCUT2D eigenvalue weighted by atomic mass is 9.79. The van der Waals surface area contributed by atoms with Gasteiger partial charge in [-0.1, -0.05) is 42.0 Å². The van der Waals surface area contributed by atoms with E-state index in [9.17, 15) is 4.79 Å². The van der Waals surface area contributed by atoms with Gasteiger partial charge < -0.3 is 15.4 Å². The first-order valence-electron chi connectivity index (χ1n) is 8.74. The first-order chi connectivity index (χ1) is 12.0. The van der Waals surface area contributed by atoms with Crippen LogP contribution < -0.4 is 10.5 Å². The maximum absolute atomic E-state index is 13.1. The topological polar surface area (TPSA) is 55.6 Å². The lowest BCUT2D eigenvalue weighted by Gasteiger charge is -2.31. The zero-order valence-electron chi connectivity index (χ0n) is 15.2. The molecule has 0 aromatic heterocycles. The Morgan fingerprint density at radius 1 is 1.20 bits per heavy atom. The van der Waals surface area contributed by atoms with Gasteiger partial charge in [0, 0.05) is 25.2 Å². The molecule has 4 nitrogen and oxygen atoms in total. The number of rotatable bonds is 4. The van der Waals surface area contributed by atoms with Gasteiger partial charge in [0.15, 0.2) is 0 Å². The molecule has 2 N–H and O–H groups in total. The Bertz CT molecular complexity index is 772. The number of carbonyl (C=O) groups excluding carboxylic acids is 1. The molecule has 0 fully saturated rings. The number of nitrogens with two attached hydrogens (primary N) is 1. The minimum atomic E-state index is -0.114. The maximum Gasteiger partial charge on any atom is 0.230 e. The number of fused-ring (bicyclic) bond motifs is 1. The van der Waals surface area contributed by atoms with Gasteiger partial charge in [-0.2, -0.15) is 0 Å². The summed E-state index contributed by atoms with van der Waals surface area (Å²) in [5, 5.41) is 0. The van der Waals surface area contributed by atoms with Crippen molar-refractivity contribution in [2.45, 2.75) is 38.3 Å². The maximum atomic E-state index is 13.1. The molecule has 1 aliphatic rings. The Labute approximate surface area is 149 Å². The fourth-order valence-corrected chi connectivity index (χ4v) is 3.71. The van der Waals surface area contributed by atoms with Crippen LogP contribution >= 0.6 is 0 Å². The van der Waals surface area contributed by atoms with Gasteiger partial charge in [-0.15, -0.1) is 0 Å². The highest BCUT2D eigenvalue weighted by Gasteiger charge is 2.31. The highest BCUT2D eigenvalue weighted by atomic mass is 16.5. The van der Waals surface area contributed by atoms with Crippen molar-refractivity contribution in [3.63, 3.8) is 0 Å². The number of aryl methyl sites for hydroxylation is 1. The van der Waals surface area contributed by atoms with E-state index in [1.165, 1.54) is 0 Å². The molecular formula is C21H26N2O2. The van der Waals surface area contributed by atoms with Crippen LogP contribution in [0.2, 0.25) is 0 Å². The second-order valence-electron chi connectivity index (χ2n) is 6.87. The van der Waals surface area contributed by atoms with Crippen molar-refractivity contribution in [3.05, 3.63) is 64.7 Å². The lowest BCUT2D eigenvalue weighted by Crippen LogP contribution is -2.34. The number of hydrogen-bond donors (Lipinski definition) is 1. The molecule has 25 heavy (non-hydrogen) atoms. The van der Waals surface area contributed by atoms with E-state index in [0.29, 0.717) is 6.54 Å². The van der Waals surface area contributed by atoms with Crippen LogP contribution in [0, 0.1) is 6.92 Å². The molecule has 132 valence electrons. The first kappa shape index (κ1) is 17.5. The van der Waals surface area contributed by atoms with Crippen LogP contribution in [-0.2, 0) is 11.3 Å². The largest absolute Gasteiger partial charge is 0.496 e. The molecule has 0 heterocycles. The van der Waals surface area contributed by atoms with E-state index in [0.717, 1.165) is 40.8 Å². The average Bonchev–Trinajstić information content (AvgIpc) is 2.62. The highest BCUT2D eigenvalue weighted by Crippen LogP contribution is 2.37. The van der Waals surface area contributed by atoms with Gasteiger partial charge in [0.2, 0.25) is 5.91 Å². The number of likely N-dealkylation sites (N-methyl/N-ethyl adjacent to an activating group) is 1. The van der Waals surface area contributed by atoms with Gasteiger partial charge in [0.1, 0.15) is 5.75 Å². The number of amides is 1. The fraction of sp³-hybridized carbons (Fsp3) is 0.381. The van der Waals surface area contributed by atoms with Crippen molar-refractivity contribution in [1.82, 2.24) is 4.90 Å². The zero-order valence-corrected chi connectivity index (χ0v) is 15.2. The van der Waals surface area contributed by atoms with Gasteiger partial charge in [-0.25, -0.2) is 0 Å². The second-order valence-corrected chi connectivity index (χ2v) is 6.87. The summed E-state index contributed by atoms with van der Waals surface area (Å²) in [4.78, 5) is 14.9. The predicted molar refractivity (Wildman–Crippen MR) is 99.6 cm³/mol. The quantitative estimate of drug-likeness (QED) is 0.928. The smallest absolute Gasteiger partial charge is 0.230 e. The molecule has 4 heteroatoms. The summed E-state index contributed by atoms with van der Waals surface area (Å²) >= 11 is 0. The van der Waals surface area contributed by atoms with Gasteiger partial charge in [0.05, 0.1) is 13.0 Å². The van der Waals surface area contributed by atoms with E-state index in [1.807, 2.05) is 50.4 Å². The standard InChI is InChI=1S/C21H26N2O2/c1-14-8-11-20(25-3)15(12-14)13-23(2)21(24)18-9-10-19(22)17-7-5-4-6-16(17)18/h4-8,11-12,18-19H,9-10,13,22H2,1-3H3. The Hall–Kier alpha value is -2.33. The van der Waals surface area contributed by atoms with Crippen molar-refractivity contribution >= 4 is 5.91 Å².